The van der Waals surface area contributed by atoms with Crippen LogP contribution < -0.4 is 10.2 Å². The van der Waals surface area contributed by atoms with Crippen LogP contribution in [0.4, 0.5) is 0 Å². The van der Waals surface area contributed by atoms with Gasteiger partial charge in [0.1, 0.15) is 11.5 Å². The third kappa shape index (κ3) is 4.72. The Morgan fingerprint density at radius 2 is 1.96 bits per heavy atom. The van der Waals surface area contributed by atoms with E-state index in [1.807, 2.05) is 13.8 Å². The smallest absolute Gasteiger partial charge is 0.277 e. The van der Waals surface area contributed by atoms with Crippen molar-refractivity contribution < 1.29 is 14.6 Å². The van der Waals surface area contributed by atoms with Crippen LogP contribution in [0.2, 0.25) is 5.02 Å². The van der Waals surface area contributed by atoms with Gasteiger partial charge in [-0.05, 0) is 49.2 Å². The molecule has 2 rings (SSSR count). The summed E-state index contributed by atoms with van der Waals surface area (Å²) >= 11 is 6.08. The summed E-state index contributed by atoms with van der Waals surface area (Å²) < 4.78 is 5.42. The van der Waals surface area contributed by atoms with Crippen molar-refractivity contribution in [3.8, 4) is 11.5 Å². The summed E-state index contributed by atoms with van der Waals surface area (Å²) in [5, 5.41) is 14.0. The second-order valence-corrected chi connectivity index (χ2v) is 5.39. The van der Waals surface area contributed by atoms with Gasteiger partial charge < -0.3 is 9.84 Å². The first kappa shape index (κ1) is 16.8. The molecule has 2 N–H and O–H groups in total. The highest BCUT2D eigenvalue weighted by Gasteiger charge is 2.06. The van der Waals surface area contributed by atoms with E-state index in [2.05, 4.69) is 10.5 Å². The second-order valence-electron chi connectivity index (χ2n) is 5.01. The number of para-hydroxylation sites is 1. The molecule has 0 unspecified atom stereocenters. The predicted molar refractivity (Wildman–Crippen MR) is 90.3 cm³/mol. The summed E-state index contributed by atoms with van der Waals surface area (Å²) in [6, 6.07) is 10.2. The molecule has 0 fully saturated rings. The largest absolute Gasteiger partial charge is 0.507 e. The van der Waals surface area contributed by atoms with Crippen LogP contribution in [0.3, 0.4) is 0 Å². The first-order valence-corrected chi connectivity index (χ1v) is 7.34. The van der Waals surface area contributed by atoms with E-state index in [4.69, 9.17) is 16.3 Å². The normalized spacial score (nSPS) is 10.7. The summed E-state index contributed by atoms with van der Waals surface area (Å²) in [6.07, 6.45) is 1.36. The van der Waals surface area contributed by atoms with Crippen LogP contribution in [0.25, 0.3) is 0 Å². The number of aryl methyl sites for hydroxylation is 2. The van der Waals surface area contributed by atoms with Crippen LogP contribution in [-0.2, 0) is 4.79 Å². The number of amides is 1. The minimum absolute atomic E-state index is 0.0915. The van der Waals surface area contributed by atoms with Crippen LogP contribution in [0.15, 0.2) is 41.5 Å². The third-order valence-electron chi connectivity index (χ3n) is 3.11. The number of hydrogen-bond acceptors (Lipinski definition) is 4. The maximum absolute atomic E-state index is 11.7. The summed E-state index contributed by atoms with van der Waals surface area (Å²) in [5.41, 5.74) is 4.63. The number of rotatable bonds is 5. The Bertz CT molecular complexity index is 721. The number of aromatic hydroxyl groups is 1. The minimum atomic E-state index is -0.401. The van der Waals surface area contributed by atoms with Gasteiger partial charge in [-0.25, -0.2) is 5.43 Å². The summed E-state index contributed by atoms with van der Waals surface area (Å²) in [4.78, 5) is 11.7. The van der Waals surface area contributed by atoms with Crippen LogP contribution in [0.1, 0.15) is 16.7 Å². The van der Waals surface area contributed by atoms with E-state index < -0.39 is 5.91 Å². The average Bonchev–Trinajstić information content (AvgIpc) is 2.52. The van der Waals surface area contributed by atoms with Gasteiger partial charge in [-0.3, -0.25) is 4.79 Å². The van der Waals surface area contributed by atoms with Crippen molar-refractivity contribution in [1.29, 1.82) is 0 Å². The van der Waals surface area contributed by atoms with E-state index in [0.717, 1.165) is 11.1 Å². The number of carbonyl (C=O) groups excluding carboxylic acids is 1. The van der Waals surface area contributed by atoms with Gasteiger partial charge in [0, 0.05) is 10.6 Å². The molecular weight excluding hydrogens is 316 g/mol. The molecule has 2 aromatic carbocycles. The fourth-order valence-corrected chi connectivity index (χ4v) is 2.05. The molecule has 0 bridgehead atoms. The lowest BCUT2D eigenvalue weighted by Gasteiger charge is -2.09. The van der Waals surface area contributed by atoms with E-state index in [1.54, 1.807) is 30.3 Å². The number of ether oxygens (including phenoxy) is 1. The molecule has 23 heavy (non-hydrogen) atoms. The molecule has 0 saturated carbocycles. The highest BCUT2D eigenvalue weighted by molar-refractivity contribution is 6.32. The van der Waals surface area contributed by atoms with Gasteiger partial charge >= 0.3 is 0 Å². The highest BCUT2D eigenvalue weighted by atomic mass is 35.5. The lowest BCUT2D eigenvalue weighted by atomic mass is 10.1. The Balaban J connectivity index is 1.87. The molecule has 0 aromatic heterocycles. The van der Waals surface area contributed by atoms with Crippen molar-refractivity contribution >= 4 is 23.7 Å². The van der Waals surface area contributed by atoms with Crippen molar-refractivity contribution in [3.63, 3.8) is 0 Å². The summed E-state index contributed by atoms with van der Waals surface area (Å²) in [7, 11) is 0. The topological polar surface area (TPSA) is 70.9 Å². The molecule has 120 valence electrons. The van der Waals surface area contributed by atoms with Crippen LogP contribution in [-0.4, -0.2) is 23.8 Å². The molecule has 0 aliphatic carbocycles. The number of halogens is 1. The molecule has 2 aromatic rings. The van der Waals surface area contributed by atoms with Gasteiger partial charge in [-0.15, -0.1) is 0 Å². The van der Waals surface area contributed by atoms with Gasteiger partial charge in [0.05, 0.1) is 6.21 Å². The van der Waals surface area contributed by atoms with E-state index in [-0.39, 0.29) is 12.4 Å². The van der Waals surface area contributed by atoms with E-state index >= 15 is 0 Å². The zero-order valence-electron chi connectivity index (χ0n) is 12.8. The zero-order valence-corrected chi connectivity index (χ0v) is 13.6. The molecule has 0 heterocycles. The maximum atomic E-state index is 11.7. The van der Waals surface area contributed by atoms with Crippen LogP contribution in [0, 0.1) is 13.8 Å². The van der Waals surface area contributed by atoms with Gasteiger partial charge in [-0.1, -0.05) is 23.7 Å². The molecular formula is C17H17ClN2O3. The number of nitrogens with zero attached hydrogens (tertiary/aromatic N) is 1. The second kappa shape index (κ2) is 7.65. The standard InChI is InChI=1S/C17H17ClN2O3/c1-11-7-14(8-12(2)17(11)18)23-10-16(22)20-19-9-13-5-3-4-6-15(13)21/h3-9,21H,10H2,1-2H3,(H,20,22)/b19-9-. The Labute approximate surface area is 139 Å². The fourth-order valence-electron chi connectivity index (χ4n) is 1.94. The van der Waals surface area contributed by atoms with Gasteiger partial charge in [0.25, 0.3) is 5.91 Å². The fraction of sp³-hybridized carbons (Fsp3) is 0.176. The summed E-state index contributed by atoms with van der Waals surface area (Å²) in [6.45, 7) is 3.58. The van der Waals surface area contributed by atoms with Crippen molar-refractivity contribution in [2.75, 3.05) is 6.61 Å². The number of hydrogen-bond donors (Lipinski definition) is 2. The third-order valence-corrected chi connectivity index (χ3v) is 3.71. The number of nitrogens with one attached hydrogen (secondary N) is 1. The molecule has 6 heteroatoms. The molecule has 5 nitrogen and oxygen atoms in total. The van der Waals surface area contributed by atoms with Crippen molar-refractivity contribution in [3.05, 3.63) is 58.1 Å². The Morgan fingerprint density at radius 3 is 2.61 bits per heavy atom. The number of phenols is 1. The first-order chi connectivity index (χ1) is 11.0. The number of hydrazone groups is 1. The van der Waals surface area contributed by atoms with Crippen molar-refractivity contribution in [2.45, 2.75) is 13.8 Å². The van der Waals surface area contributed by atoms with Gasteiger partial charge in [-0.2, -0.15) is 5.10 Å². The molecule has 0 spiro atoms. The predicted octanol–water partition coefficient (Wildman–Crippen LogP) is 3.19. The molecule has 0 saturated heterocycles. The lowest BCUT2D eigenvalue weighted by molar-refractivity contribution is -0.123. The Hall–Kier alpha value is -2.53. The summed E-state index contributed by atoms with van der Waals surface area (Å²) in [5.74, 6) is 0.264. The molecule has 0 radical (unpaired) electrons. The lowest BCUT2D eigenvalue weighted by Crippen LogP contribution is -2.24. The minimum Gasteiger partial charge on any atom is -0.507 e. The Morgan fingerprint density at radius 1 is 1.30 bits per heavy atom. The van der Waals surface area contributed by atoms with E-state index in [0.29, 0.717) is 16.3 Å². The van der Waals surface area contributed by atoms with E-state index in [9.17, 15) is 9.90 Å². The quantitative estimate of drug-likeness (QED) is 0.652. The number of phenolic OH excluding ortho intramolecular Hbond substituents is 1. The SMILES string of the molecule is Cc1cc(OCC(=O)N/N=C\c2ccccc2O)cc(C)c1Cl. The van der Waals surface area contributed by atoms with Gasteiger partial charge in [0.15, 0.2) is 6.61 Å². The van der Waals surface area contributed by atoms with Gasteiger partial charge in [0.2, 0.25) is 0 Å². The monoisotopic (exact) mass is 332 g/mol. The zero-order chi connectivity index (χ0) is 16.8. The van der Waals surface area contributed by atoms with Crippen molar-refractivity contribution in [1.82, 2.24) is 5.43 Å². The first-order valence-electron chi connectivity index (χ1n) is 6.97. The molecule has 0 aliphatic heterocycles. The Kier molecular flexibility index (Phi) is 5.60. The average molecular weight is 333 g/mol. The highest BCUT2D eigenvalue weighted by Crippen LogP contribution is 2.25. The van der Waals surface area contributed by atoms with E-state index in [1.165, 1.54) is 12.3 Å². The number of carbonyl (C=O) groups is 1. The van der Waals surface area contributed by atoms with Crippen molar-refractivity contribution in [2.24, 2.45) is 5.10 Å². The maximum Gasteiger partial charge on any atom is 0.277 e. The molecule has 0 atom stereocenters. The molecule has 0 aliphatic rings. The molecule has 1 amide bonds. The van der Waals surface area contributed by atoms with Crippen LogP contribution in [0.5, 0.6) is 11.5 Å². The van der Waals surface area contributed by atoms with Crippen LogP contribution >= 0.6 is 11.6 Å². The number of benzene rings is 2.